The molecule has 0 radical (unpaired) electrons. The molecule has 1 aromatic heterocycles. The van der Waals surface area contributed by atoms with Crippen LogP contribution in [0.2, 0.25) is 0 Å². The molecule has 1 aromatic carbocycles. The summed E-state index contributed by atoms with van der Waals surface area (Å²) in [5.74, 6) is 0.231. The molecule has 0 aliphatic carbocycles. The molecule has 2 aromatic rings. The van der Waals surface area contributed by atoms with E-state index in [4.69, 9.17) is 4.74 Å². The first-order valence-corrected chi connectivity index (χ1v) is 6.43. The Hall–Kier alpha value is -2.28. The number of aromatic nitrogens is 2. The van der Waals surface area contributed by atoms with E-state index in [0.29, 0.717) is 5.75 Å². The van der Waals surface area contributed by atoms with E-state index in [1.54, 1.807) is 13.2 Å². The molecule has 0 unspecified atom stereocenters. The summed E-state index contributed by atoms with van der Waals surface area (Å²) < 4.78 is 6.08. The molecule has 0 bridgehead atoms. The lowest BCUT2D eigenvalue weighted by atomic mass is 10.2. The summed E-state index contributed by atoms with van der Waals surface area (Å²) in [5, 5.41) is 3.87. The van der Waals surface area contributed by atoms with Gasteiger partial charge in [0.1, 0.15) is 11.4 Å². The summed E-state index contributed by atoms with van der Waals surface area (Å²) in [6, 6.07) is 5.49. The number of rotatable bonds is 4. The second-order valence-corrected chi connectivity index (χ2v) is 4.59. The van der Waals surface area contributed by atoms with E-state index >= 15 is 0 Å². The number of hydrogen-bond acceptors (Lipinski definition) is 5. The second kappa shape index (κ2) is 6.76. The van der Waals surface area contributed by atoms with E-state index < -0.39 is 5.91 Å². The molecule has 0 fully saturated rings. The van der Waals surface area contributed by atoms with Crippen molar-refractivity contribution in [3.63, 3.8) is 0 Å². The molecule has 0 aliphatic rings. The van der Waals surface area contributed by atoms with E-state index in [0.717, 1.165) is 10.0 Å². The van der Waals surface area contributed by atoms with Crippen molar-refractivity contribution in [2.75, 3.05) is 7.11 Å². The molecule has 0 spiro atoms. The highest BCUT2D eigenvalue weighted by atomic mass is 79.9. The topological polar surface area (TPSA) is 76.5 Å². The molecule has 7 heteroatoms. The highest BCUT2D eigenvalue weighted by Crippen LogP contribution is 2.21. The van der Waals surface area contributed by atoms with Crippen molar-refractivity contribution in [3.8, 4) is 5.75 Å². The minimum atomic E-state index is -0.427. The largest absolute Gasteiger partial charge is 0.496 e. The Kier molecular flexibility index (Phi) is 4.78. The molecular weight excluding hydrogens is 324 g/mol. The highest BCUT2D eigenvalue weighted by molar-refractivity contribution is 9.10. The highest BCUT2D eigenvalue weighted by Gasteiger charge is 2.05. The van der Waals surface area contributed by atoms with Crippen molar-refractivity contribution >= 4 is 28.1 Å². The molecule has 0 aliphatic heterocycles. The van der Waals surface area contributed by atoms with E-state index in [-0.39, 0.29) is 5.69 Å². The average molecular weight is 335 g/mol. The van der Waals surface area contributed by atoms with Gasteiger partial charge < -0.3 is 4.74 Å². The Morgan fingerprint density at radius 2 is 2.30 bits per heavy atom. The van der Waals surface area contributed by atoms with Crippen LogP contribution in [0.25, 0.3) is 0 Å². The molecular formula is C13H11BrN4O2. The second-order valence-electron chi connectivity index (χ2n) is 3.68. The van der Waals surface area contributed by atoms with Crippen LogP contribution in [-0.4, -0.2) is 29.2 Å². The van der Waals surface area contributed by atoms with Crippen LogP contribution in [0, 0.1) is 0 Å². The van der Waals surface area contributed by atoms with E-state index in [1.165, 1.54) is 24.8 Å². The minimum Gasteiger partial charge on any atom is -0.496 e. The van der Waals surface area contributed by atoms with Crippen LogP contribution in [0.4, 0.5) is 0 Å². The number of carbonyl (C=O) groups excluding carboxylic acids is 1. The summed E-state index contributed by atoms with van der Waals surface area (Å²) in [6.07, 6.45) is 5.80. The Balaban J connectivity index is 2.07. The normalized spacial score (nSPS) is 10.5. The Morgan fingerprint density at radius 3 is 3.00 bits per heavy atom. The van der Waals surface area contributed by atoms with Crippen molar-refractivity contribution in [3.05, 3.63) is 52.5 Å². The fourth-order valence-corrected chi connectivity index (χ4v) is 1.82. The fraction of sp³-hybridized carbons (Fsp3) is 0.0769. The molecule has 0 saturated heterocycles. The van der Waals surface area contributed by atoms with Gasteiger partial charge >= 0.3 is 0 Å². The SMILES string of the molecule is COc1ccc(Br)cc1/C=N/NC(=O)c1cnccn1. The zero-order valence-electron chi connectivity index (χ0n) is 10.6. The first kappa shape index (κ1) is 14.1. The van der Waals surface area contributed by atoms with Crippen molar-refractivity contribution in [1.29, 1.82) is 0 Å². The van der Waals surface area contributed by atoms with Gasteiger partial charge in [0.2, 0.25) is 0 Å². The smallest absolute Gasteiger partial charge is 0.291 e. The maximum Gasteiger partial charge on any atom is 0.291 e. The van der Waals surface area contributed by atoms with Gasteiger partial charge in [0.15, 0.2) is 0 Å². The zero-order chi connectivity index (χ0) is 14.4. The van der Waals surface area contributed by atoms with Crippen molar-refractivity contribution in [2.45, 2.75) is 0 Å². The first-order chi connectivity index (χ1) is 9.70. The fourth-order valence-electron chi connectivity index (χ4n) is 1.44. The molecule has 1 amide bonds. The van der Waals surface area contributed by atoms with Crippen molar-refractivity contribution in [1.82, 2.24) is 15.4 Å². The third-order valence-electron chi connectivity index (χ3n) is 2.36. The average Bonchev–Trinajstić information content (AvgIpc) is 2.48. The standard InChI is InChI=1S/C13H11BrN4O2/c1-20-12-3-2-10(14)6-9(12)7-17-18-13(19)11-8-15-4-5-16-11/h2-8H,1H3,(H,18,19)/b17-7+. The van der Waals surface area contributed by atoms with Gasteiger partial charge in [0, 0.05) is 22.4 Å². The van der Waals surface area contributed by atoms with Crippen LogP contribution in [0.3, 0.4) is 0 Å². The number of carbonyl (C=O) groups is 1. The van der Waals surface area contributed by atoms with Gasteiger partial charge in [-0.1, -0.05) is 15.9 Å². The van der Waals surface area contributed by atoms with Crippen molar-refractivity contribution in [2.24, 2.45) is 5.10 Å². The minimum absolute atomic E-state index is 0.200. The lowest BCUT2D eigenvalue weighted by Crippen LogP contribution is -2.19. The van der Waals surface area contributed by atoms with Gasteiger partial charge in [-0.25, -0.2) is 10.4 Å². The molecule has 6 nitrogen and oxygen atoms in total. The van der Waals surface area contributed by atoms with Gasteiger partial charge in [-0.3, -0.25) is 9.78 Å². The number of hydrogen-bond donors (Lipinski definition) is 1. The molecule has 20 heavy (non-hydrogen) atoms. The van der Waals surface area contributed by atoms with Gasteiger partial charge in [-0.15, -0.1) is 0 Å². The first-order valence-electron chi connectivity index (χ1n) is 5.63. The van der Waals surface area contributed by atoms with Crippen LogP contribution in [-0.2, 0) is 0 Å². The number of nitrogens with one attached hydrogen (secondary N) is 1. The molecule has 1 heterocycles. The molecule has 0 atom stereocenters. The lowest BCUT2D eigenvalue weighted by molar-refractivity contribution is 0.0949. The van der Waals surface area contributed by atoms with Crippen LogP contribution in [0.5, 0.6) is 5.75 Å². The Bertz CT molecular complexity index is 632. The van der Waals surface area contributed by atoms with Crippen LogP contribution in [0.15, 0.2) is 46.4 Å². The number of hydrazone groups is 1. The van der Waals surface area contributed by atoms with Gasteiger partial charge in [-0.05, 0) is 18.2 Å². The quantitative estimate of drug-likeness (QED) is 0.685. The van der Waals surface area contributed by atoms with Crippen LogP contribution < -0.4 is 10.2 Å². The molecule has 2 rings (SSSR count). The van der Waals surface area contributed by atoms with E-state index in [9.17, 15) is 4.79 Å². The molecule has 102 valence electrons. The lowest BCUT2D eigenvalue weighted by Gasteiger charge is -2.04. The number of nitrogens with zero attached hydrogens (tertiary/aromatic N) is 3. The van der Waals surface area contributed by atoms with Gasteiger partial charge in [0.05, 0.1) is 19.5 Å². The summed E-state index contributed by atoms with van der Waals surface area (Å²) >= 11 is 3.36. The van der Waals surface area contributed by atoms with E-state index in [2.05, 4.69) is 36.4 Å². The summed E-state index contributed by atoms with van der Waals surface area (Å²) in [4.78, 5) is 19.4. The van der Waals surface area contributed by atoms with Crippen LogP contribution >= 0.6 is 15.9 Å². The van der Waals surface area contributed by atoms with Crippen molar-refractivity contribution < 1.29 is 9.53 Å². The number of ether oxygens (including phenoxy) is 1. The maximum absolute atomic E-state index is 11.7. The zero-order valence-corrected chi connectivity index (χ0v) is 12.2. The number of halogens is 1. The number of amides is 1. The van der Waals surface area contributed by atoms with Gasteiger partial charge in [0.25, 0.3) is 5.91 Å². The number of methoxy groups -OCH3 is 1. The Morgan fingerprint density at radius 1 is 1.45 bits per heavy atom. The molecule has 1 N–H and O–H groups in total. The van der Waals surface area contributed by atoms with Gasteiger partial charge in [-0.2, -0.15) is 5.10 Å². The van der Waals surface area contributed by atoms with E-state index in [1.807, 2.05) is 12.1 Å². The Labute approximate surface area is 124 Å². The summed E-state index contributed by atoms with van der Waals surface area (Å²) in [6.45, 7) is 0. The molecule has 0 saturated carbocycles. The maximum atomic E-state index is 11.7. The summed E-state index contributed by atoms with van der Waals surface area (Å²) in [7, 11) is 1.57. The monoisotopic (exact) mass is 334 g/mol. The summed E-state index contributed by atoms with van der Waals surface area (Å²) in [5.41, 5.74) is 3.31. The predicted octanol–water partition coefficient (Wildman–Crippen LogP) is 2.01. The number of benzene rings is 1. The third kappa shape index (κ3) is 3.61. The predicted molar refractivity (Wildman–Crippen MR) is 77.8 cm³/mol. The third-order valence-corrected chi connectivity index (χ3v) is 2.85. The van der Waals surface area contributed by atoms with Crippen LogP contribution in [0.1, 0.15) is 16.1 Å².